The smallest absolute Gasteiger partial charge is 0.423 e. The Morgan fingerprint density at radius 1 is 1.00 bits per heavy atom. The van der Waals surface area contributed by atoms with E-state index in [4.69, 9.17) is 4.74 Å². The second-order valence-corrected chi connectivity index (χ2v) is 9.82. The molecule has 1 unspecified atom stereocenters. The number of nitrogens with one attached hydrogen (secondary N) is 1. The molecule has 1 aromatic carbocycles. The number of alkyl halides is 3. The maximum absolute atomic E-state index is 13.9. The lowest BCUT2D eigenvalue weighted by Gasteiger charge is -2.34. The van der Waals surface area contributed by atoms with Crippen LogP contribution in [0.1, 0.15) is 33.2 Å². The Labute approximate surface area is 237 Å². The summed E-state index contributed by atoms with van der Waals surface area (Å²) in [7, 11) is 0. The molecule has 0 aliphatic carbocycles. The van der Waals surface area contributed by atoms with Crippen LogP contribution in [0.15, 0.2) is 72.0 Å². The Morgan fingerprint density at radius 3 is 2.52 bits per heavy atom. The van der Waals surface area contributed by atoms with Crippen LogP contribution in [0.4, 0.5) is 24.8 Å². The summed E-state index contributed by atoms with van der Waals surface area (Å²) in [5, 5.41) is 5.52. The van der Waals surface area contributed by atoms with Gasteiger partial charge in [0.25, 0.3) is 11.5 Å². The first-order valence-corrected chi connectivity index (χ1v) is 13.2. The molecule has 0 saturated carbocycles. The SMILES string of the molecule is O=C(c1cc(OCC2c3ccccc3CN2c2cn[nH]c(=O)c2C(F)(F)F)ccn1)N1CCN(c2ncccn2)CC1. The Balaban J connectivity index is 1.18. The van der Waals surface area contributed by atoms with Gasteiger partial charge < -0.3 is 19.4 Å². The quantitative estimate of drug-likeness (QED) is 0.368. The number of hydrogen-bond donors (Lipinski definition) is 1. The largest absolute Gasteiger partial charge is 0.491 e. The number of amides is 1. The number of anilines is 2. The molecule has 1 atom stereocenters. The predicted octanol–water partition coefficient (Wildman–Crippen LogP) is 3.08. The van der Waals surface area contributed by atoms with Gasteiger partial charge in [-0.2, -0.15) is 18.3 Å². The lowest BCUT2D eigenvalue weighted by atomic mass is 10.1. The molecule has 0 spiro atoms. The van der Waals surface area contributed by atoms with Gasteiger partial charge in [0.1, 0.15) is 23.6 Å². The fourth-order valence-corrected chi connectivity index (χ4v) is 5.30. The zero-order valence-electron chi connectivity index (χ0n) is 22.2. The Bertz CT molecular complexity index is 1640. The molecule has 5 heterocycles. The van der Waals surface area contributed by atoms with Crippen LogP contribution in [-0.4, -0.2) is 68.7 Å². The van der Waals surface area contributed by atoms with Gasteiger partial charge in [0, 0.05) is 57.4 Å². The van der Waals surface area contributed by atoms with Gasteiger partial charge in [-0.05, 0) is 23.3 Å². The molecule has 14 heteroatoms. The molecule has 11 nitrogen and oxygen atoms in total. The van der Waals surface area contributed by atoms with Gasteiger partial charge in [-0.25, -0.2) is 15.1 Å². The number of nitrogens with zero attached hydrogens (tertiary/aromatic N) is 7. The van der Waals surface area contributed by atoms with Crippen molar-refractivity contribution in [2.75, 3.05) is 42.6 Å². The Hall–Kier alpha value is -5.01. The van der Waals surface area contributed by atoms with Gasteiger partial charge >= 0.3 is 6.18 Å². The minimum atomic E-state index is -4.88. The van der Waals surface area contributed by atoms with Crippen LogP contribution in [0.5, 0.6) is 5.75 Å². The molecule has 6 rings (SSSR count). The van der Waals surface area contributed by atoms with E-state index in [1.165, 1.54) is 17.2 Å². The highest BCUT2D eigenvalue weighted by molar-refractivity contribution is 5.92. The summed E-state index contributed by atoms with van der Waals surface area (Å²) in [5.74, 6) is 0.694. The second-order valence-electron chi connectivity index (χ2n) is 9.82. The molecule has 216 valence electrons. The van der Waals surface area contributed by atoms with Crippen LogP contribution < -0.4 is 20.1 Å². The molecular formula is C28H25F3N8O3. The number of carbonyl (C=O) groups is 1. The lowest BCUT2D eigenvalue weighted by molar-refractivity contribution is -0.138. The summed E-state index contributed by atoms with van der Waals surface area (Å²) in [6.07, 6.45) is 0.927. The van der Waals surface area contributed by atoms with Crippen molar-refractivity contribution in [3.8, 4) is 5.75 Å². The number of pyridine rings is 1. The van der Waals surface area contributed by atoms with Crippen LogP contribution >= 0.6 is 0 Å². The number of hydrogen-bond acceptors (Lipinski definition) is 9. The summed E-state index contributed by atoms with van der Waals surface area (Å²) >= 11 is 0. The van der Waals surface area contributed by atoms with E-state index in [9.17, 15) is 22.8 Å². The highest BCUT2D eigenvalue weighted by Gasteiger charge is 2.42. The van der Waals surface area contributed by atoms with Gasteiger partial charge in [-0.3, -0.25) is 14.6 Å². The van der Waals surface area contributed by atoms with Crippen molar-refractivity contribution in [2.45, 2.75) is 18.8 Å². The third-order valence-electron chi connectivity index (χ3n) is 7.32. The molecule has 1 N–H and O–H groups in total. The maximum atomic E-state index is 13.9. The minimum absolute atomic E-state index is 0.0471. The molecule has 3 aromatic heterocycles. The van der Waals surface area contributed by atoms with Crippen molar-refractivity contribution >= 4 is 17.5 Å². The molecule has 0 radical (unpaired) electrons. The number of fused-ring (bicyclic) bond motifs is 1. The summed E-state index contributed by atoms with van der Waals surface area (Å²) in [5.41, 5.74) is -1.18. The molecule has 1 saturated heterocycles. The molecular weight excluding hydrogens is 553 g/mol. The van der Waals surface area contributed by atoms with Crippen LogP contribution in [0.2, 0.25) is 0 Å². The number of ether oxygens (including phenoxy) is 1. The van der Waals surface area contributed by atoms with Crippen molar-refractivity contribution in [3.05, 3.63) is 100.0 Å². The number of rotatable bonds is 6. The normalized spacial score (nSPS) is 16.8. The first kappa shape index (κ1) is 27.2. The molecule has 2 aliphatic heterocycles. The first-order valence-electron chi connectivity index (χ1n) is 13.2. The van der Waals surface area contributed by atoms with Crippen LogP contribution in [0.3, 0.4) is 0 Å². The molecule has 42 heavy (non-hydrogen) atoms. The lowest BCUT2D eigenvalue weighted by Crippen LogP contribution is -2.49. The molecule has 1 fully saturated rings. The number of aromatic nitrogens is 5. The van der Waals surface area contributed by atoms with E-state index < -0.39 is 23.3 Å². The zero-order valence-corrected chi connectivity index (χ0v) is 22.2. The van der Waals surface area contributed by atoms with Crippen molar-refractivity contribution in [1.82, 2.24) is 30.0 Å². The Morgan fingerprint density at radius 2 is 1.76 bits per heavy atom. The van der Waals surface area contributed by atoms with E-state index in [0.29, 0.717) is 37.9 Å². The van der Waals surface area contributed by atoms with Crippen LogP contribution in [0.25, 0.3) is 0 Å². The number of piperazine rings is 1. The number of aromatic amines is 1. The van der Waals surface area contributed by atoms with E-state index in [2.05, 4.69) is 20.1 Å². The molecule has 0 bridgehead atoms. The maximum Gasteiger partial charge on any atom is 0.423 e. The summed E-state index contributed by atoms with van der Waals surface area (Å²) in [4.78, 5) is 43.3. The van der Waals surface area contributed by atoms with E-state index in [1.54, 1.807) is 41.6 Å². The van der Waals surface area contributed by atoms with E-state index in [0.717, 1.165) is 17.3 Å². The summed E-state index contributed by atoms with van der Waals surface area (Å²) in [6, 6.07) is 11.4. The average molecular weight is 579 g/mol. The van der Waals surface area contributed by atoms with E-state index in [1.807, 2.05) is 22.1 Å². The molecule has 4 aromatic rings. The highest BCUT2D eigenvalue weighted by Crippen LogP contribution is 2.42. The second kappa shape index (κ2) is 11.1. The van der Waals surface area contributed by atoms with Gasteiger partial charge in [0.2, 0.25) is 5.95 Å². The van der Waals surface area contributed by atoms with Crippen molar-refractivity contribution in [1.29, 1.82) is 0 Å². The van der Waals surface area contributed by atoms with Gasteiger partial charge in [-0.1, -0.05) is 24.3 Å². The standard InChI is InChI=1S/C28H25F3N8O3/c29-28(30,31)24-22(15-35-36-25(24)40)39-16-18-4-1-2-5-20(18)23(39)17-42-19-6-9-32-21(14-19)26(41)37-10-12-38(13-11-37)27-33-7-3-8-34-27/h1-9,14-15,23H,10-13,16-17H2,(H,36,40). The predicted molar refractivity (Wildman–Crippen MR) is 145 cm³/mol. The molecule has 2 aliphatic rings. The monoisotopic (exact) mass is 578 g/mol. The average Bonchev–Trinajstić information content (AvgIpc) is 3.38. The minimum Gasteiger partial charge on any atom is -0.491 e. The number of benzene rings is 1. The third-order valence-corrected chi connectivity index (χ3v) is 7.32. The number of carbonyl (C=O) groups excluding carboxylic acids is 1. The molecule has 1 amide bonds. The number of H-pyrrole nitrogens is 1. The topological polar surface area (TPSA) is 120 Å². The number of halogens is 3. The summed E-state index contributed by atoms with van der Waals surface area (Å²) in [6.45, 7) is 2.15. The zero-order chi connectivity index (χ0) is 29.3. The Kier molecular flexibility index (Phi) is 7.19. The van der Waals surface area contributed by atoms with E-state index >= 15 is 0 Å². The van der Waals surface area contributed by atoms with E-state index in [-0.39, 0.29) is 30.4 Å². The van der Waals surface area contributed by atoms with Crippen molar-refractivity contribution in [3.63, 3.8) is 0 Å². The summed E-state index contributed by atoms with van der Waals surface area (Å²) < 4.78 is 47.7. The van der Waals surface area contributed by atoms with Crippen molar-refractivity contribution in [2.24, 2.45) is 0 Å². The van der Waals surface area contributed by atoms with Crippen molar-refractivity contribution < 1.29 is 22.7 Å². The fraction of sp³-hybridized carbons (Fsp3) is 0.286. The van der Waals surface area contributed by atoms with Crippen LogP contribution in [0, 0.1) is 0 Å². The fourth-order valence-electron chi connectivity index (χ4n) is 5.30. The third kappa shape index (κ3) is 5.34. The van der Waals surface area contributed by atoms with Crippen LogP contribution in [-0.2, 0) is 12.7 Å². The highest BCUT2D eigenvalue weighted by atomic mass is 19.4. The van der Waals surface area contributed by atoms with Gasteiger partial charge in [0.15, 0.2) is 0 Å². The first-order chi connectivity index (χ1) is 20.3. The van der Waals surface area contributed by atoms with Gasteiger partial charge in [0.05, 0.1) is 17.9 Å². The van der Waals surface area contributed by atoms with Gasteiger partial charge in [-0.15, -0.1) is 0 Å².